The number of aliphatic hydroxyl groups is 1. The predicted octanol–water partition coefficient (Wildman–Crippen LogP) is 5.39. The first-order chi connectivity index (χ1) is 9.47. The quantitative estimate of drug-likeness (QED) is 0.776. The highest BCUT2D eigenvalue weighted by Crippen LogP contribution is 2.30. The van der Waals surface area contributed by atoms with Gasteiger partial charge in [0.05, 0.1) is 16.1 Å². The molecule has 0 fully saturated rings. The monoisotopic (exact) mass is 374 g/mol. The molecule has 0 radical (unpaired) electrons. The molecular weight excluding hydrogens is 363 g/mol. The van der Waals surface area contributed by atoms with Gasteiger partial charge in [0.2, 0.25) is 0 Å². The van der Waals surface area contributed by atoms with Gasteiger partial charge in [0.1, 0.15) is 12.4 Å². The molecule has 0 saturated heterocycles. The van der Waals surface area contributed by atoms with E-state index in [-0.39, 0.29) is 0 Å². The van der Waals surface area contributed by atoms with Crippen molar-refractivity contribution in [3.8, 4) is 5.75 Å². The highest BCUT2D eigenvalue weighted by Gasteiger charge is 2.10. The topological polar surface area (TPSA) is 29.5 Å². The third kappa shape index (κ3) is 3.89. The van der Waals surface area contributed by atoms with E-state index < -0.39 is 6.10 Å². The summed E-state index contributed by atoms with van der Waals surface area (Å²) in [6.07, 6.45) is -0.591. The summed E-state index contributed by atoms with van der Waals surface area (Å²) in [5.41, 5.74) is 1.66. The van der Waals surface area contributed by atoms with E-state index in [0.717, 1.165) is 15.6 Å². The molecule has 1 atom stereocenters. The molecule has 0 aliphatic rings. The molecule has 2 aromatic carbocycles. The van der Waals surface area contributed by atoms with E-state index in [2.05, 4.69) is 15.9 Å². The molecule has 5 heteroatoms. The van der Waals surface area contributed by atoms with Crippen LogP contribution in [0.2, 0.25) is 10.0 Å². The van der Waals surface area contributed by atoms with Crippen LogP contribution in [0.25, 0.3) is 0 Å². The van der Waals surface area contributed by atoms with Gasteiger partial charge in [0, 0.05) is 10.0 Å². The SMILES string of the molecule is C[C@H](O)c1ccc(Br)cc1OCc1ccc(Cl)c(Cl)c1. The van der Waals surface area contributed by atoms with Gasteiger partial charge in [-0.15, -0.1) is 0 Å². The lowest BCUT2D eigenvalue weighted by molar-refractivity contribution is 0.190. The van der Waals surface area contributed by atoms with Gasteiger partial charge in [-0.25, -0.2) is 0 Å². The summed E-state index contributed by atoms with van der Waals surface area (Å²) in [5, 5.41) is 10.8. The molecule has 2 aromatic rings. The summed E-state index contributed by atoms with van der Waals surface area (Å²) in [6, 6.07) is 10.9. The van der Waals surface area contributed by atoms with Gasteiger partial charge in [-0.3, -0.25) is 0 Å². The van der Waals surface area contributed by atoms with Crippen molar-refractivity contribution >= 4 is 39.1 Å². The molecule has 20 heavy (non-hydrogen) atoms. The van der Waals surface area contributed by atoms with Crippen LogP contribution in [0.1, 0.15) is 24.2 Å². The maximum atomic E-state index is 9.74. The molecule has 0 unspecified atom stereocenters. The van der Waals surface area contributed by atoms with Crippen LogP contribution in [-0.4, -0.2) is 5.11 Å². The number of halogens is 3. The zero-order valence-corrected chi connectivity index (χ0v) is 13.8. The molecular formula is C15H13BrCl2O2. The molecule has 0 heterocycles. The number of ether oxygens (including phenoxy) is 1. The lowest BCUT2D eigenvalue weighted by Gasteiger charge is -2.14. The molecule has 0 aromatic heterocycles. The molecule has 0 aliphatic heterocycles. The highest BCUT2D eigenvalue weighted by atomic mass is 79.9. The minimum absolute atomic E-state index is 0.354. The fourth-order valence-corrected chi connectivity index (χ4v) is 2.43. The van der Waals surface area contributed by atoms with Crippen LogP contribution in [0.3, 0.4) is 0 Å². The molecule has 0 aliphatic carbocycles. The van der Waals surface area contributed by atoms with Crippen LogP contribution in [0.4, 0.5) is 0 Å². The van der Waals surface area contributed by atoms with E-state index in [0.29, 0.717) is 22.4 Å². The number of benzene rings is 2. The van der Waals surface area contributed by atoms with Gasteiger partial charge in [0.25, 0.3) is 0 Å². The highest BCUT2D eigenvalue weighted by molar-refractivity contribution is 9.10. The molecule has 0 amide bonds. The standard InChI is InChI=1S/C15H13BrCl2O2/c1-9(19)12-4-3-11(16)7-15(12)20-8-10-2-5-13(17)14(18)6-10/h2-7,9,19H,8H2,1H3/t9-/m0/s1. The molecule has 1 N–H and O–H groups in total. The summed E-state index contributed by atoms with van der Waals surface area (Å²) >= 11 is 15.2. The zero-order chi connectivity index (χ0) is 14.7. The summed E-state index contributed by atoms with van der Waals surface area (Å²) in [5.74, 6) is 0.639. The van der Waals surface area contributed by atoms with Crippen molar-refractivity contribution in [1.82, 2.24) is 0 Å². The first kappa shape index (κ1) is 15.6. The van der Waals surface area contributed by atoms with Crippen molar-refractivity contribution in [2.45, 2.75) is 19.6 Å². The van der Waals surface area contributed by atoms with Gasteiger partial charge in [0.15, 0.2) is 0 Å². The largest absolute Gasteiger partial charge is 0.488 e. The Hall–Kier alpha value is -0.740. The zero-order valence-electron chi connectivity index (χ0n) is 10.7. The van der Waals surface area contributed by atoms with Crippen molar-refractivity contribution < 1.29 is 9.84 Å². The summed E-state index contributed by atoms with van der Waals surface area (Å²) < 4.78 is 6.66. The van der Waals surface area contributed by atoms with E-state index in [9.17, 15) is 5.11 Å². The Morgan fingerprint density at radius 2 is 1.90 bits per heavy atom. The second kappa shape index (κ2) is 6.81. The summed E-state index contributed by atoms with van der Waals surface area (Å²) in [6.45, 7) is 2.06. The van der Waals surface area contributed by atoms with Crippen LogP contribution in [-0.2, 0) is 6.61 Å². The minimum atomic E-state index is -0.591. The van der Waals surface area contributed by atoms with Crippen molar-refractivity contribution in [1.29, 1.82) is 0 Å². The van der Waals surface area contributed by atoms with Crippen molar-refractivity contribution in [3.05, 3.63) is 62.0 Å². The van der Waals surface area contributed by atoms with Gasteiger partial charge < -0.3 is 9.84 Å². The van der Waals surface area contributed by atoms with Gasteiger partial charge in [-0.05, 0) is 36.8 Å². The summed E-state index contributed by atoms with van der Waals surface area (Å²) in [7, 11) is 0. The van der Waals surface area contributed by atoms with Crippen molar-refractivity contribution in [3.63, 3.8) is 0 Å². The number of hydrogen-bond donors (Lipinski definition) is 1. The fourth-order valence-electron chi connectivity index (χ4n) is 1.77. The molecule has 2 nitrogen and oxygen atoms in total. The van der Waals surface area contributed by atoms with E-state index in [1.807, 2.05) is 24.3 Å². The lowest BCUT2D eigenvalue weighted by Crippen LogP contribution is -2.01. The smallest absolute Gasteiger partial charge is 0.126 e. The van der Waals surface area contributed by atoms with Crippen LogP contribution in [0, 0.1) is 0 Å². The van der Waals surface area contributed by atoms with Crippen LogP contribution >= 0.6 is 39.1 Å². The maximum Gasteiger partial charge on any atom is 0.126 e. The average molecular weight is 376 g/mol. The van der Waals surface area contributed by atoms with E-state index >= 15 is 0 Å². The Labute approximate surface area is 136 Å². The number of hydrogen-bond acceptors (Lipinski definition) is 2. The Morgan fingerprint density at radius 1 is 1.15 bits per heavy atom. The normalized spacial score (nSPS) is 12.2. The van der Waals surface area contributed by atoms with Crippen LogP contribution < -0.4 is 4.74 Å². The Bertz CT molecular complexity index is 615. The van der Waals surface area contributed by atoms with E-state index in [1.54, 1.807) is 19.1 Å². The van der Waals surface area contributed by atoms with E-state index in [1.165, 1.54) is 0 Å². The molecule has 2 rings (SSSR count). The number of aliphatic hydroxyl groups excluding tert-OH is 1. The second-order valence-electron chi connectivity index (χ2n) is 4.40. The van der Waals surface area contributed by atoms with Crippen molar-refractivity contribution in [2.75, 3.05) is 0 Å². The molecule has 0 bridgehead atoms. The predicted molar refractivity (Wildman–Crippen MR) is 85.6 cm³/mol. The first-order valence-corrected chi connectivity index (χ1v) is 7.56. The fraction of sp³-hybridized carbons (Fsp3) is 0.200. The Morgan fingerprint density at radius 3 is 2.55 bits per heavy atom. The van der Waals surface area contributed by atoms with Crippen LogP contribution in [0.5, 0.6) is 5.75 Å². The Kier molecular flexibility index (Phi) is 5.33. The van der Waals surface area contributed by atoms with Gasteiger partial charge in [-0.2, -0.15) is 0 Å². The minimum Gasteiger partial charge on any atom is -0.488 e. The molecule has 0 spiro atoms. The average Bonchev–Trinajstić information content (AvgIpc) is 2.40. The van der Waals surface area contributed by atoms with Gasteiger partial charge in [-0.1, -0.05) is 51.3 Å². The van der Waals surface area contributed by atoms with Crippen molar-refractivity contribution in [2.24, 2.45) is 0 Å². The second-order valence-corrected chi connectivity index (χ2v) is 6.13. The van der Waals surface area contributed by atoms with Gasteiger partial charge >= 0.3 is 0 Å². The summed E-state index contributed by atoms with van der Waals surface area (Å²) in [4.78, 5) is 0. The third-order valence-electron chi connectivity index (χ3n) is 2.80. The molecule has 0 saturated carbocycles. The number of rotatable bonds is 4. The van der Waals surface area contributed by atoms with Crippen LogP contribution in [0.15, 0.2) is 40.9 Å². The third-order valence-corrected chi connectivity index (χ3v) is 4.04. The van der Waals surface area contributed by atoms with E-state index in [4.69, 9.17) is 27.9 Å². The molecule has 106 valence electrons. The maximum absolute atomic E-state index is 9.74. The Balaban J connectivity index is 2.17. The first-order valence-electron chi connectivity index (χ1n) is 6.01. The lowest BCUT2D eigenvalue weighted by atomic mass is 10.1.